The molecule has 0 saturated heterocycles. The van der Waals surface area contributed by atoms with Crippen molar-refractivity contribution in [1.82, 2.24) is 4.98 Å². The van der Waals surface area contributed by atoms with Gasteiger partial charge in [-0.05, 0) is 29.3 Å². The Balaban J connectivity index is 1.60. The normalized spacial score (nSPS) is 11.3. The predicted octanol–water partition coefficient (Wildman–Crippen LogP) is 2.70. The molecule has 0 radical (unpaired) electrons. The first-order chi connectivity index (χ1) is 12.8. The van der Waals surface area contributed by atoms with Crippen LogP contribution in [0.1, 0.15) is 16.0 Å². The summed E-state index contributed by atoms with van der Waals surface area (Å²) in [5.41, 5.74) is 1.21. The van der Waals surface area contributed by atoms with Crippen molar-refractivity contribution in [2.75, 3.05) is 5.32 Å². The first kappa shape index (κ1) is 19.2. The van der Waals surface area contributed by atoms with Gasteiger partial charge in [-0.2, -0.15) is 0 Å². The SMILES string of the molecule is NS(=O)(=O)c1ccc(CC(=O)Nc2ncc(Cc3ccccc3F)s2)cc1. The Labute approximate surface area is 159 Å². The molecule has 0 aliphatic rings. The van der Waals surface area contributed by atoms with E-state index in [0.29, 0.717) is 22.7 Å². The largest absolute Gasteiger partial charge is 0.302 e. The molecular formula is C18H16FN3O3S2. The summed E-state index contributed by atoms with van der Waals surface area (Å²) in [4.78, 5) is 17.1. The van der Waals surface area contributed by atoms with Crippen LogP contribution in [0, 0.1) is 5.82 Å². The highest BCUT2D eigenvalue weighted by Gasteiger charge is 2.11. The standard InChI is InChI=1S/C18H16FN3O3S2/c19-16-4-2-1-3-13(16)10-14-11-21-18(26-14)22-17(23)9-12-5-7-15(8-6-12)27(20,24)25/h1-8,11H,9-10H2,(H2,20,24,25)(H,21,22,23). The van der Waals surface area contributed by atoms with Crippen molar-refractivity contribution < 1.29 is 17.6 Å². The lowest BCUT2D eigenvalue weighted by atomic mass is 10.1. The van der Waals surface area contributed by atoms with Gasteiger partial charge in [0.2, 0.25) is 15.9 Å². The zero-order chi connectivity index (χ0) is 19.4. The maximum atomic E-state index is 13.7. The van der Waals surface area contributed by atoms with E-state index in [1.807, 2.05) is 0 Å². The molecule has 9 heteroatoms. The van der Waals surface area contributed by atoms with Gasteiger partial charge in [0, 0.05) is 17.5 Å². The molecule has 0 fully saturated rings. The van der Waals surface area contributed by atoms with Crippen LogP contribution in [0.25, 0.3) is 0 Å². The minimum atomic E-state index is -3.76. The van der Waals surface area contributed by atoms with Crippen molar-refractivity contribution in [2.24, 2.45) is 5.14 Å². The molecule has 3 aromatic rings. The van der Waals surface area contributed by atoms with Gasteiger partial charge in [0.25, 0.3) is 0 Å². The Morgan fingerprint density at radius 2 is 1.85 bits per heavy atom. The number of halogens is 1. The minimum Gasteiger partial charge on any atom is -0.302 e. The number of primary sulfonamides is 1. The van der Waals surface area contributed by atoms with Gasteiger partial charge in [0.1, 0.15) is 5.82 Å². The monoisotopic (exact) mass is 405 g/mol. The average molecular weight is 405 g/mol. The predicted molar refractivity (Wildman–Crippen MR) is 101 cm³/mol. The van der Waals surface area contributed by atoms with E-state index in [1.54, 1.807) is 24.4 Å². The van der Waals surface area contributed by atoms with E-state index in [4.69, 9.17) is 5.14 Å². The van der Waals surface area contributed by atoms with Gasteiger partial charge in [-0.25, -0.2) is 22.9 Å². The molecule has 0 spiro atoms. The second-order valence-electron chi connectivity index (χ2n) is 5.81. The number of sulfonamides is 1. The lowest BCUT2D eigenvalue weighted by Gasteiger charge is -2.03. The number of nitrogens with one attached hydrogen (secondary N) is 1. The number of nitrogens with two attached hydrogens (primary N) is 1. The molecule has 0 bridgehead atoms. The summed E-state index contributed by atoms with van der Waals surface area (Å²) in [6.07, 6.45) is 2.07. The van der Waals surface area contributed by atoms with Crippen LogP contribution >= 0.6 is 11.3 Å². The molecule has 0 aliphatic carbocycles. The van der Waals surface area contributed by atoms with Crippen molar-refractivity contribution >= 4 is 32.4 Å². The molecule has 27 heavy (non-hydrogen) atoms. The summed E-state index contributed by atoms with van der Waals surface area (Å²) in [6, 6.07) is 12.3. The van der Waals surface area contributed by atoms with Crippen molar-refractivity contribution in [3.63, 3.8) is 0 Å². The van der Waals surface area contributed by atoms with Gasteiger partial charge >= 0.3 is 0 Å². The zero-order valence-electron chi connectivity index (χ0n) is 14.1. The average Bonchev–Trinajstić information content (AvgIpc) is 3.03. The molecule has 3 N–H and O–H groups in total. The number of aromatic nitrogens is 1. The Morgan fingerprint density at radius 1 is 1.15 bits per heavy atom. The summed E-state index contributed by atoms with van der Waals surface area (Å²) < 4.78 is 36.2. The highest BCUT2D eigenvalue weighted by molar-refractivity contribution is 7.89. The molecule has 0 unspecified atom stereocenters. The number of hydrogen-bond acceptors (Lipinski definition) is 5. The van der Waals surface area contributed by atoms with Crippen molar-refractivity contribution in [1.29, 1.82) is 0 Å². The number of anilines is 1. The lowest BCUT2D eigenvalue weighted by Crippen LogP contribution is -2.15. The third kappa shape index (κ3) is 5.19. The Morgan fingerprint density at radius 3 is 2.52 bits per heavy atom. The number of hydrogen-bond donors (Lipinski definition) is 2. The van der Waals surface area contributed by atoms with Gasteiger partial charge < -0.3 is 5.32 Å². The number of rotatable bonds is 6. The third-order valence-electron chi connectivity index (χ3n) is 3.74. The molecule has 3 rings (SSSR count). The highest BCUT2D eigenvalue weighted by atomic mass is 32.2. The number of nitrogens with zero attached hydrogens (tertiary/aromatic N) is 1. The molecule has 0 saturated carbocycles. The second-order valence-corrected chi connectivity index (χ2v) is 8.49. The van der Waals surface area contributed by atoms with Crippen LogP contribution in [-0.2, 0) is 27.7 Å². The van der Waals surface area contributed by atoms with E-state index >= 15 is 0 Å². The van der Waals surface area contributed by atoms with Crippen LogP contribution in [0.15, 0.2) is 59.6 Å². The number of benzene rings is 2. The number of thiazole rings is 1. The van der Waals surface area contributed by atoms with Gasteiger partial charge in [-0.1, -0.05) is 30.3 Å². The molecule has 0 aliphatic heterocycles. The van der Waals surface area contributed by atoms with Crippen LogP contribution in [0.3, 0.4) is 0 Å². The minimum absolute atomic E-state index is 0.00984. The number of carbonyl (C=O) groups is 1. The van der Waals surface area contributed by atoms with Crippen LogP contribution in [0.5, 0.6) is 0 Å². The van der Waals surface area contributed by atoms with E-state index in [1.165, 1.54) is 41.7 Å². The summed E-state index contributed by atoms with van der Waals surface area (Å²) in [6.45, 7) is 0. The van der Waals surface area contributed by atoms with Crippen molar-refractivity contribution in [2.45, 2.75) is 17.7 Å². The Bertz CT molecular complexity index is 1060. The van der Waals surface area contributed by atoms with Crippen LogP contribution in [0.2, 0.25) is 0 Å². The fraction of sp³-hybridized carbons (Fsp3) is 0.111. The molecule has 1 aromatic heterocycles. The number of amides is 1. The van der Waals surface area contributed by atoms with Crippen LogP contribution in [0.4, 0.5) is 9.52 Å². The van der Waals surface area contributed by atoms with Gasteiger partial charge in [0.15, 0.2) is 5.13 Å². The summed E-state index contributed by atoms with van der Waals surface area (Å²) >= 11 is 1.28. The van der Waals surface area contributed by atoms with Crippen LogP contribution < -0.4 is 10.5 Å². The van der Waals surface area contributed by atoms with E-state index in [-0.39, 0.29) is 23.0 Å². The van der Waals surface area contributed by atoms with Gasteiger partial charge in [-0.3, -0.25) is 4.79 Å². The Kier molecular flexibility index (Phi) is 5.64. The van der Waals surface area contributed by atoms with Crippen LogP contribution in [-0.4, -0.2) is 19.3 Å². The van der Waals surface area contributed by atoms with Crippen molar-refractivity contribution in [3.8, 4) is 0 Å². The third-order valence-corrected chi connectivity index (χ3v) is 5.58. The molecule has 140 valence electrons. The fourth-order valence-electron chi connectivity index (χ4n) is 2.42. The second kappa shape index (κ2) is 7.95. The fourth-order valence-corrected chi connectivity index (χ4v) is 3.79. The maximum absolute atomic E-state index is 13.7. The van der Waals surface area contributed by atoms with E-state index in [2.05, 4.69) is 10.3 Å². The summed E-state index contributed by atoms with van der Waals surface area (Å²) in [7, 11) is -3.76. The molecule has 6 nitrogen and oxygen atoms in total. The quantitative estimate of drug-likeness (QED) is 0.658. The van der Waals surface area contributed by atoms with E-state index in [0.717, 1.165) is 4.88 Å². The van der Waals surface area contributed by atoms with E-state index < -0.39 is 10.0 Å². The molecule has 0 atom stereocenters. The highest BCUT2D eigenvalue weighted by Crippen LogP contribution is 2.22. The first-order valence-electron chi connectivity index (χ1n) is 7.91. The van der Waals surface area contributed by atoms with Gasteiger partial charge in [-0.15, -0.1) is 11.3 Å². The molecular weight excluding hydrogens is 389 g/mol. The first-order valence-corrected chi connectivity index (χ1v) is 10.3. The number of carbonyl (C=O) groups excluding carboxylic acids is 1. The smallest absolute Gasteiger partial charge is 0.238 e. The van der Waals surface area contributed by atoms with E-state index in [9.17, 15) is 17.6 Å². The Hall–Kier alpha value is -2.62. The molecule has 2 aromatic carbocycles. The zero-order valence-corrected chi connectivity index (χ0v) is 15.7. The molecule has 1 amide bonds. The summed E-state index contributed by atoms with van der Waals surface area (Å²) in [5.74, 6) is -0.565. The van der Waals surface area contributed by atoms with Gasteiger partial charge in [0.05, 0.1) is 11.3 Å². The topological polar surface area (TPSA) is 102 Å². The van der Waals surface area contributed by atoms with Crippen molar-refractivity contribution in [3.05, 3.63) is 76.5 Å². The maximum Gasteiger partial charge on any atom is 0.238 e. The summed E-state index contributed by atoms with van der Waals surface area (Å²) in [5, 5.41) is 8.15. The lowest BCUT2D eigenvalue weighted by molar-refractivity contribution is -0.115. The molecule has 1 heterocycles.